The molecule has 0 bridgehead atoms. The number of thiophene rings is 1. The van der Waals surface area contributed by atoms with E-state index < -0.39 is 5.60 Å². The summed E-state index contributed by atoms with van der Waals surface area (Å²) >= 11 is 4.93. The average Bonchev–Trinajstić information content (AvgIpc) is 2.83. The summed E-state index contributed by atoms with van der Waals surface area (Å²) in [6.07, 6.45) is 4.99. The maximum absolute atomic E-state index is 12.4. The highest BCUT2D eigenvalue weighted by molar-refractivity contribution is 9.11. The summed E-state index contributed by atoms with van der Waals surface area (Å²) in [6.45, 7) is 1.39. The molecule has 19 heavy (non-hydrogen) atoms. The first kappa shape index (κ1) is 13.6. The molecular formula is C14H18BrNO2S. The first-order valence-corrected chi connectivity index (χ1v) is 8.51. The van der Waals surface area contributed by atoms with Crippen molar-refractivity contribution in [3.8, 4) is 0 Å². The van der Waals surface area contributed by atoms with E-state index in [2.05, 4.69) is 15.9 Å². The maximum atomic E-state index is 12.4. The van der Waals surface area contributed by atoms with Gasteiger partial charge in [-0.2, -0.15) is 0 Å². The molecule has 0 aromatic carbocycles. The monoisotopic (exact) mass is 343 g/mol. The Kier molecular flexibility index (Phi) is 3.71. The van der Waals surface area contributed by atoms with E-state index in [1.54, 1.807) is 0 Å². The molecule has 2 atom stereocenters. The number of carbonyl (C=O) groups is 1. The second-order valence-corrected chi connectivity index (χ2v) is 7.98. The van der Waals surface area contributed by atoms with Gasteiger partial charge >= 0.3 is 0 Å². The number of likely N-dealkylation sites (tertiary alicyclic amines) is 1. The zero-order chi connectivity index (χ0) is 13.5. The van der Waals surface area contributed by atoms with E-state index in [1.807, 2.05) is 16.3 Å². The minimum absolute atomic E-state index is 0.106. The van der Waals surface area contributed by atoms with Gasteiger partial charge in [-0.3, -0.25) is 4.79 Å². The Labute approximate surface area is 125 Å². The molecule has 0 radical (unpaired) electrons. The van der Waals surface area contributed by atoms with Gasteiger partial charge in [0.1, 0.15) is 0 Å². The van der Waals surface area contributed by atoms with Gasteiger partial charge in [-0.05, 0) is 41.3 Å². The van der Waals surface area contributed by atoms with E-state index in [1.165, 1.54) is 17.8 Å². The van der Waals surface area contributed by atoms with Crippen molar-refractivity contribution >= 4 is 33.2 Å². The van der Waals surface area contributed by atoms with Crippen LogP contribution < -0.4 is 0 Å². The van der Waals surface area contributed by atoms with Gasteiger partial charge in [0, 0.05) is 24.4 Å². The van der Waals surface area contributed by atoms with Crippen LogP contribution in [0.15, 0.2) is 15.2 Å². The molecule has 3 rings (SSSR count). The number of aliphatic hydroxyl groups is 1. The molecule has 1 N–H and O–H groups in total. The molecule has 104 valence electrons. The number of halogens is 1. The zero-order valence-electron chi connectivity index (χ0n) is 10.8. The van der Waals surface area contributed by atoms with Crippen molar-refractivity contribution in [2.75, 3.05) is 13.1 Å². The molecular weight excluding hydrogens is 326 g/mol. The fraction of sp³-hybridized carbons (Fsp3) is 0.643. The highest BCUT2D eigenvalue weighted by atomic mass is 79.9. The molecule has 0 spiro atoms. The van der Waals surface area contributed by atoms with Crippen LogP contribution in [0.4, 0.5) is 0 Å². The molecule has 1 aromatic rings. The summed E-state index contributed by atoms with van der Waals surface area (Å²) < 4.78 is 0.988. The third kappa shape index (κ3) is 2.60. The normalized spacial score (nSPS) is 31.1. The highest BCUT2D eigenvalue weighted by Gasteiger charge is 2.43. The minimum atomic E-state index is -0.510. The van der Waals surface area contributed by atoms with Gasteiger partial charge in [-0.1, -0.05) is 12.8 Å². The van der Waals surface area contributed by atoms with Crippen LogP contribution in [0, 0.1) is 5.92 Å². The summed E-state index contributed by atoms with van der Waals surface area (Å²) in [5.74, 6) is 0.371. The van der Waals surface area contributed by atoms with Crippen LogP contribution >= 0.6 is 27.3 Å². The Balaban J connectivity index is 1.72. The number of hydrogen-bond donors (Lipinski definition) is 1. The van der Waals surface area contributed by atoms with E-state index in [9.17, 15) is 9.90 Å². The molecule has 1 aromatic heterocycles. The van der Waals surface area contributed by atoms with Gasteiger partial charge in [-0.25, -0.2) is 0 Å². The Morgan fingerprint density at radius 1 is 1.47 bits per heavy atom. The smallest absolute Gasteiger partial charge is 0.254 e. The number of rotatable bonds is 1. The number of piperidine rings is 1. The second kappa shape index (κ2) is 5.19. The van der Waals surface area contributed by atoms with E-state index in [0.717, 1.165) is 35.0 Å². The largest absolute Gasteiger partial charge is 0.389 e. The number of carbonyl (C=O) groups excluding carboxylic acids is 1. The summed E-state index contributed by atoms with van der Waals surface area (Å²) in [5.41, 5.74) is 0.252. The molecule has 2 aliphatic rings. The number of hydrogen-bond acceptors (Lipinski definition) is 3. The van der Waals surface area contributed by atoms with E-state index in [-0.39, 0.29) is 11.8 Å². The highest BCUT2D eigenvalue weighted by Crippen LogP contribution is 2.40. The van der Waals surface area contributed by atoms with Crippen LogP contribution in [-0.4, -0.2) is 34.6 Å². The average molecular weight is 344 g/mol. The molecule has 2 heterocycles. The van der Waals surface area contributed by atoms with Crippen LogP contribution in [0.25, 0.3) is 0 Å². The molecule has 3 nitrogen and oxygen atoms in total. The standard InChI is InChI=1S/C14H18BrNO2S/c15-12-7-10(9-19-12)13(17)16-6-5-14(18)4-2-1-3-11(14)8-16/h7,9,11,18H,1-6,8H2. The van der Waals surface area contributed by atoms with Crippen LogP contribution in [-0.2, 0) is 0 Å². The number of fused-ring (bicyclic) bond motifs is 1. The molecule has 2 unspecified atom stereocenters. The second-order valence-electron chi connectivity index (χ2n) is 5.69. The van der Waals surface area contributed by atoms with E-state index in [4.69, 9.17) is 0 Å². The Morgan fingerprint density at radius 2 is 2.32 bits per heavy atom. The van der Waals surface area contributed by atoms with Crippen molar-refractivity contribution in [2.24, 2.45) is 5.92 Å². The Morgan fingerprint density at radius 3 is 3.05 bits per heavy atom. The van der Waals surface area contributed by atoms with E-state index in [0.29, 0.717) is 13.1 Å². The lowest BCUT2D eigenvalue weighted by Crippen LogP contribution is -2.54. The number of amides is 1. The molecule has 1 aliphatic carbocycles. The van der Waals surface area contributed by atoms with Gasteiger partial charge in [-0.15, -0.1) is 11.3 Å². The molecule has 1 aliphatic heterocycles. The first-order valence-electron chi connectivity index (χ1n) is 6.84. The zero-order valence-corrected chi connectivity index (χ0v) is 13.2. The SMILES string of the molecule is O=C(c1csc(Br)c1)N1CCC2(O)CCCCC2C1. The van der Waals surface area contributed by atoms with Crippen molar-refractivity contribution in [3.05, 3.63) is 20.8 Å². The third-order valence-electron chi connectivity index (χ3n) is 4.53. The predicted octanol–water partition coefficient (Wildman–Crippen LogP) is 3.28. The Bertz CT molecular complexity index is 490. The lowest BCUT2D eigenvalue weighted by atomic mass is 9.71. The molecule has 2 fully saturated rings. The lowest BCUT2D eigenvalue weighted by molar-refractivity contribution is -0.0886. The fourth-order valence-electron chi connectivity index (χ4n) is 3.36. The minimum Gasteiger partial charge on any atom is -0.389 e. The summed E-state index contributed by atoms with van der Waals surface area (Å²) in [5, 5.41) is 12.5. The van der Waals surface area contributed by atoms with Crippen molar-refractivity contribution < 1.29 is 9.90 Å². The van der Waals surface area contributed by atoms with Gasteiger partial charge in [0.15, 0.2) is 0 Å². The van der Waals surface area contributed by atoms with Crippen molar-refractivity contribution in [3.63, 3.8) is 0 Å². The van der Waals surface area contributed by atoms with E-state index >= 15 is 0 Å². The topological polar surface area (TPSA) is 40.5 Å². The van der Waals surface area contributed by atoms with Crippen LogP contribution in [0.3, 0.4) is 0 Å². The fourth-order valence-corrected chi connectivity index (χ4v) is 4.49. The van der Waals surface area contributed by atoms with Crippen LogP contribution in [0.1, 0.15) is 42.5 Å². The molecule has 1 amide bonds. The summed E-state index contributed by atoms with van der Waals surface area (Å²) in [7, 11) is 0. The first-order chi connectivity index (χ1) is 9.08. The van der Waals surface area contributed by atoms with Crippen molar-refractivity contribution in [2.45, 2.75) is 37.7 Å². The molecule has 1 saturated carbocycles. The van der Waals surface area contributed by atoms with Gasteiger partial charge in [0.25, 0.3) is 5.91 Å². The Hall–Kier alpha value is -0.390. The molecule has 1 saturated heterocycles. The van der Waals surface area contributed by atoms with Gasteiger partial charge < -0.3 is 10.0 Å². The summed E-state index contributed by atoms with van der Waals surface area (Å²) in [4.78, 5) is 14.3. The van der Waals surface area contributed by atoms with Crippen molar-refractivity contribution in [1.29, 1.82) is 0 Å². The predicted molar refractivity (Wildman–Crippen MR) is 79.4 cm³/mol. The van der Waals surface area contributed by atoms with Crippen molar-refractivity contribution in [1.82, 2.24) is 4.90 Å². The van der Waals surface area contributed by atoms with Crippen LogP contribution in [0.2, 0.25) is 0 Å². The van der Waals surface area contributed by atoms with Gasteiger partial charge in [0.05, 0.1) is 15.0 Å². The lowest BCUT2D eigenvalue weighted by Gasteiger charge is -2.47. The summed E-state index contributed by atoms with van der Waals surface area (Å²) in [6, 6.07) is 1.88. The quantitative estimate of drug-likeness (QED) is 0.849. The maximum Gasteiger partial charge on any atom is 0.254 e. The van der Waals surface area contributed by atoms with Gasteiger partial charge in [0.2, 0.25) is 0 Å². The number of nitrogens with zero attached hydrogens (tertiary/aromatic N) is 1. The van der Waals surface area contributed by atoms with Crippen LogP contribution in [0.5, 0.6) is 0 Å². The third-order valence-corrected chi connectivity index (χ3v) is 6.03. The molecule has 5 heteroatoms.